The molecule has 0 amide bonds. The van der Waals surface area contributed by atoms with Crippen LogP contribution in [0.2, 0.25) is 0 Å². The average molecular weight is 281 g/mol. The van der Waals surface area contributed by atoms with Crippen molar-refractivity contribution >= 4 is 0 Å². The van der Waals surface area contributed by atoms with E-state index < -0.39 is 0 Å². The number of aromatic nitrogens is 1. The van der Waals surface area contributed by atoms with Crippen LogP contribution in [0, 0.1) is 6.92 Å². The molecule has 1 N–H and O–H groups in total. The van der Waals surface area contributed by atoms with Gasteiger partial charge in [-0.2, -0.15) is 0 Å². The Morgan fingerprint density at radius 2 is 2.00 bits per heavy atom. The van der Waals surface area contributed by atoms with Crippen molar-refractivity contribution < 1.29 is 0 Å². The van der Waals surface area contributed by atoms with Crippen LogP contribution in [0.25, 0.3) is 0 Å². The molecule has 0 radical (unpaired) electrons. The van der Waals surface area contributed by atoms with E-state index in [9.17, 15) is 0 Å². The second-order valence-corrected chi connectivity index (χ2v) is 5.79. The van der Waals surface area contributed by atoms with Gasteiger partial charge in [-0.25, -0.2) is 0 Å². The number of aryl methyl sites for hydroxylation is 1. The van der Waals surface area contributed by atoms with Crippen LogP contribution in [0.3, 0.4) is 0 Å². The van der Waals surface area contributed by atoms with E-state index in [0.717, 1.165) is 38.3 Å². The van der Waals surface area contributed by atoms with Gasteiger partial charge in [-0.05, 0) is 31.0 Å². The molecule has 3 nitrogen and oxygen atoms in total. The normalized spacial score (nSPS) is 19.6. The summed E-state index contributed by atoms with van der Waals surface area (Å²) in [5, 5.41) is 3.52. The van der Waals surface area contributed by atoms with E-state index in [1.165, 1.54) is 11.3 Å². The van der Waals surface area contributed by atoms with Gasteiger partial charge in [0, 0.05) is 37.9 Å². The smallest absolute Gasteiger partial charge is 0.0547 e. The number of hydrogen-bond acceptors (Lipinski definition) is 3. The third kappa shape index (κ3) is 3.90. The fourth-order valence-electron chi connectivity index (χ4n) is 2.99. The van der Waals surface area contributed by atoms with Gasteiger partial charge in [-0.3, -0.25) is 9.88 Å². The van der Waals surface area contributed by atoms with Crippen LogP contribution in [-0.4, -0.2) is 35.6 Å². The Hall–Kier alpha value is -1.71. The van der Waals surface area contributed by atoms with Crippen molar-refractivity contribution in [2.75, 3.05) is 19.6 Å². The summed E-state index contributed by atoms with van der Waals surface area (Å²) in [6, 6.07) is 17.6. The van der Waals surface area contributed by atoms with Crippen LogP contribution < -0.4 is 5.32 Å². The molecule has 1 unspecified atom stereocenters. The quantitative estimate of drug-likeness (QED) is 0.933. The summed E-state index contributed by atoms with van der Waals surface area (Å²) < 4.78 is 0. The molecule has 0 aliphatic carbocycles. The van der Waals surface area contributed by atoms with Crippen LogP contribution in [0.5, 0.6) is 0 Å². The van der Waals surface area contributed by atoms with Gasteiger partial charge in [-0.1, -0.05) is 36.4 Å². The SMILES string of the molecule is Cc1cccc(CN2CCNCC2Cc2ccccc2)n1. The molecule has 3 rings (SSSR count). The standard InChI is InChI=1S/C18H23N3/c1-15-6-5-9-17(20-15)14-21-11-10-19-13-18(21)12-16-7-3-2-4-8-16/h2-9,18-19H,10-14H2,1H3. The minimum absolute atomic E-state index is 0.545. The van der Waals surface area contributed by atoms with E-state index in [1.807, 2.05) is 0 Å². The maximum absolute atomic E-state index is 4.65. The summed E-state index contributed by atoms with van der Waals surface area (Å²) in [4.78, 5) is 7.21. The molecule has 0 spiro atoms. The lowest BCUT2D eigenvalue weighted by Gasteiger charge is -2.36. The van der Waals surface area contributed by atoms with Gasteiger partial charge in [0.15, 0.2) is 0 Å². The maximum Gasteiger partial charge on any atom is 0.0547 e. The van der Waals surface area contributed by atoms with Crippen LogP contribution in [0.4, 0.5) is 0 Å². The van der Waals surface area contributed by atoms with E-state index in [4.69, 9.17) is 0 Å². The molecule has 0 saturated carbocycles. The van der Waals surface area contributed by atoms with Crippen LogP contribution in [0.15, 0.2) is 48.5 Å². The van der Waals surface area contributed by atoms with Crippen molar-refractivity contribution in [1.82, 2.24) is 15.2 Å². The monoisotopic (exact) mass is 281 g/mol. The zero-order chi connectivity index (χ0) is 14.5. The van der Waals surface area contributed by atoms with Crippen molar-refractivity contribution in [3.05, 3.63) is 65.5 Å². The number of piperazine rings is 1. The summed E-state index contributed by atoms with van der Waals surface area (Å²) in [5.74, 6) is 0. The summed E-state index contributed by atoms with van der Waals surface area (Å²) in [5.41, 5.74) is 3.69. The Balaban J connectivity index is 1.69. The summed E-state index contributed by atoms with van der Waals surface area (Å²) in [6.07, 6.45) is 1.10. The lowest BCUT2D eigenvalue weighted by Crippen LogP contribution is -2.51. The number of benzene rings is 1. The Labute approximate surface area is 127 Å². The Morgan fingerprint density at radius 3 is 2.81 bits per heavy atom. The zero-order valence-corrected chi connectivity index (χ0v) is 12.6. The van der Waals surface area contributed by atoms with E-state index >= 15 is 0 Å². The van der Waals surface area contributed by atoms with Gasteiger partial charge < -0.3 is 5.32 Å². The van der Waals surface area contributed by atoms with Crippen molar-refractivity contribution in [1.29, 1.82) is 0 Å². The van der Waals surface area contributed by atoms with Crippen molar-refractivity contribution in [3.8, 4) is 0 Å². The van der Waals surface area contributed by atoms with Gasteiger partial charge in [0.2, 0.25) is 0 Å². The Morgan fingerprint density at radius 1 is 1.14 bits per heavy atom. The minimum Gasteiger partial charge on any atom is -0.314 e. The van der Waals surface area contributed by atoms with Gasteiger partial charge >= 0.3 is 0 Å². The number of pyridine rings is 1. The number of rotatable bonds is 4. The topological polar surface area (TPSA) is 28.2 Å². The lowest BCUT2D eigenvalue weighted by molar-refractivity contribution is 0.150. The number of hydrogen-bond donors (Lipinski definition) is 1. The molecule has 1 saturated heterocycles. The molecule has 3 heteroatoms. The first-order chi connectivity index (χ1) is 10.3. The van der Waals surface area contributed by atoms with Crippen LogP contribution >= 0.6 is 0 Å². The highest BCUT2D eigenvalue weighted by Crippen LogP contribution is 2.14. The van der Waals surface area contributed by atoms with Gasteiger partial charge in [0.1, 0.15) is 0 Å². The van der Waals surface area contributed by atoms with Gasteiger partial charge in [0.25, 0.3) is 0 Å². The second kappa shape index (κ2) is 6.83. The van der Waals surface area contributed by atoms with Gasteiger partial charge in [0.05, 0.1) is 5.69 Å². The van der Waals surface area contributed by atoms with Crippen LogP contribution in [-0.2, 0) is 13.0 Å². The Kier molecular flexibility index (Phi) is 4.63. The average Bonchev–Trinajstić information content (AvgIpc) is 2.50. The van der Waals surface area contributed by atoms with Gasteiger partial charge in [-0.15, -0.1) is 0 Å². The first-order valence-corrected chi connectivity index (χ1v) is 7.72. The molecule has 0 bridgehead atoms. The molecular formula is C18H23N3. The summed E-state index contributed by atoms with van der Waals surface area (Å²) in [6.45, 7) is 6.22. The van der Waals surface area contributed by atoms with E-state index in [2.05, 4.69) is 70.7 Å². The highest BCUT2D eigenvalue weighted by molar-refractivity contribution is 5.17. The fraction of sp³-hybridized carbons (Fsp3) is 0.389. The zero-order valence-electron chi connectivity index (χ0n) is 12.6. The highest BCUT2D eigenvalue weighted by atomic mass is 15.2. The first-order valence-electron chi connectivity index (χ1n) is 7.72. The first kappa shape index (κ1) is 14.2. The number of nitrogens with zero attached hydrogens (tertiary/aromatic N) is 2. The van der Waals surface area contributed by atoms with Crippen molar-refractivity contribution in [2.24, 2.45) is 0 Å². The lowest BCUT2D eigenvalue weighted by atomic mass is 10.0. The highest BCUT2D eigenvalue weighted by Gasteiger charge is 2.22. The second-order valence-electron chi connectivity index (χ2n) is 5.79. The molecule has 2 aromatic rings. The van der Waals surface area contributed by atoms with Crippen molar-refractivity contribution in [2.45, 2.75) is 25.9 Å². The third-order valence-corrected chi connectivity index (χ3v) is 4.10. The number of nitrogens with one attached hydrogen (secondary N) is 1. The molecule has 1 atom stereocenters. The van der Waals surface area contributed by atoms with Crippen molar-refractivity contribution in [3.63, 3.8) is 0 Å². The molecule has 110 valence electrons. The molecule has 1 aliphatic rings. The predicted octanol–water partition coefficient (Wildman–Crippen LogP) is 2.41. The summed E-state index contributed by atoms with van der Waals surface area (Å²) in [7, 11) is 0. The largest absolute Gasteiger partial charge is 0.314 e. The molecule has 2 heterocycles. The third-order valence-electron chi connectivity index (χ3n) is 4.10. The fourth-order valence-corrected chi connectivity index (χ4v) is 2.99. The molecule has 21 heavy (non-hydrogen) atoms. The van der Waals surface area contributed by atoms with E-state index in [1.54, 1.807) is 0 Å². The van der Waals surface area contributed by atoms with Crippen LogP contribution in [0.1, 0.15) is 17.0 Å². The molecule has 1 aliphatic heterocycles. The molecule has 1 aromatic carbocycles. The summed E-state index contributed by atoms with van der Waals surface area (Å²) >= 11 is 0. The molecular weight excluding hydrogens is 258 g/mol. The van der Waals surface area contributed by atoms with E-state index in [-0.39, 0.29) is 0 Å². The maximum atomic E-state index is 4.65. The minimum atomic E-state index is 0.545. The predicted molar refractivity (Wildman–Crippen MR) is 86.2 cm³/mol. The van der Waals surface area contributed by atoms with E-state index in [0.29, 0.717) is 6.04 Å². The molecule has 1 fully saturated rings. The molecule has 1 aromatic heterocycles. The Bertz CT molecular complexity index is 568.